The van der Waals surface area contributed by atoms with Crippen molar-refractivity contribution in [1.29, 1.82) is 0 Å². The van der Waals surface area contributed by atoms with E-state index >= 15 is 0 Å². The maximum Gasteiger partial charge on any atom is 0.254 e. The number of nitrogens with zero attached hydrogens (tertiary/aromatic N) is 1. The molecule has 166 valence electrons. The molecule has 7 nitrogen and oxygen atoms in total. The number of likely N-dealkylation sites (tertiary alicyclic amines) is 1. The highest BCUT2D eigenvalue weighted by Crippen LogP contribution is 2.34. The molecule has 2 unspecified atom stereocenters. The Morgan fingerprint density at radius 3 is 2.52 bits per heavy atom. The summed E-state index contributed by atoms with van der Waals surface area (Å²) in [4.78, 5) is 14.9. The molecule has 0 aromatic heterocycles. The monoisotopic (exact) mass is 482 g/mol. The van der Waals surface area contributed by atoms with E-state index in [-0.39, 0.29) is 40.3 Å². The molecule has 0 spiro atoms. The Morgan fingerprint density at radius 2 is 1.84 bits per heavy atom. The van der Waals surface area contributed by atoms with Crippen LogP contribution < -0.4 is 4.72 Å². The molecule has 2 aromatic carbocycles. The molecule has 2 heterocycles. The molecule has 2 aliphatic rings. The Hall–Kier alpha value is -1.94. The van der Waals surface area contributed by atoms with Gasteiger partial charge in [0.1, 0.15) is 0 Å². The zero-order chi connectivity index (χ0) is 22.2. The summed E-state index contributed by atoms with van der Waals surface area (Å²) in [6.45, 7) is 0.585. The molecule has 10 heteroatoms. The molecule has 0 radical (unpaired) electrons. The summed E-state index contributed by atoms with van der Waals surface area (Å²) < 4.78 is 51.3. The third-order valence-electron chi connectivity index (χ3n) is 5.71. The molecule has 2 aliphatic heterocycles. The zero-order valence-corrected chi connectivity index (χ0v) is 19.1. The number of carbonyl (C=O) groups is 1. The van der Waals surface area contributed by atoms with E-state index in [1.54, 1.807) is 23.1 Å². The largest absolute Gasteiger partial charge is 0.332 e. The average Bonchev–Trinajstić information content (AvgIpc) is 3.34. The van der Waals surface area contributed by atoms with E-state index in [2.05, 4.69) is 4.72 Å². The first-order chi connectivity index (χ1) is 14.6. The molecular weight excluding hydrogens is 460 g/mol. The highest BCUT2D eigenvalue weighted by molar-refractivity contribution is 7.92. The van der Waals surface area contributed by atoms with Crippen LogP contribution in [0.4, 0.5) is 0 Å². The summed E-state index contributed by atoms with van der Waals surface area (Å²) in [5.74, 6) is -0.473. The minimum Gasteiger partial charge on any atom is -0.332 e. The summed E-state index contributed by atoms with van der Waals surface area (Å²) in [5.41, 5.74) is 1.27. The van der Waals surface area contributed by atoms with Crippen molar-refractivity contribution in [1.82, 2.24) is 9.62 Å². The Labute approximate surface area is 187 Å². The van der Waals surface area contributed by atoms with Gasteiger partial charge in [0.15, 0.2) is 9.84 Å². The lowest BCUT2D eigenvalue weighted by atomic mass is 10.0. The predicted molar refractivity (Wildman–Crippen MR) is 118 cm³/mol. The van der Waals surface area contributed by atoms with Crippen molar-refractivity contribution >= 4 is 37.4 Å². The first-order valence-corrected chi connectivity index (χ1v) is 13.7. The van der Waals surface area contributed by atoms with Crippen molar-refractivity contribution in [3.05, 3.63) is 64.7 Å². The van der Waals surface area contributed by atoms with Crippen LogP contribution in [0.2, 0.25) is 5.02 Å². The van der Waals surface area contributed by atoms with E-state index in [0.29, 0.717) is 11.6 Å². The van der Waals surface area contributed by atoms with Gasteiger partial charge in [-0.25, -0.2) is 21.6 Å². The second-order valence-electron chi connectivity index (χ2n) is 7.96. The van der Waals surface area contributed by atoms with Crippen LogP contribution in [-0.4, -0.2) is 51.7 Å². The van der Waals surface area contributed by atoms with Crippen LogP contribution in [0.1, 0.15) is 41.2 Å². The smallest absolute Gasteiger partial charge is 0.254 e. The Morgan fingerprint density at radius 1 is 1.10 bits per heavy atom. The SMILES string of the molecule is O=C(c1cccc(S(=O)(=O)NC2CCS(=O)(=O)C2)c1)N1CCCC1c1ccc(Cl)cc1. The summed E-state index contributed by atoms with van der Waals surface area (Å²) in [5, 5.41) is 0.625. The van der Waals surface area contributed by atoms with Crippen LogP contribution in [0.3, 0.4) is 0 Å². The van der Waals surface area contributed by atoms with E-state index in [9.17, 15) is 21.6 Å². The number of nitrogens with one attached hydrogen (secondary N) is 1. The van der Waals surface area contributed by atoms with Gasteiger partial charge in [-0.15, -0.1) is 0 Å². The van der Waals surface area contributed by atoms with Crippen molar-refractivity contribution in [2.24, 2.45) is 0 Å². The van der Waals surface area contributed by atoms with E-state index in [1.165, 1.54) is 18.2 Å². The first kappa shape index (κ1) is 22.3. The van der Waals surface area contributed by atoms with E-state index in [1.807, 2.05) is 12.1 Å². The van der Waals surface area contributed by atoms with E-state index in [4.69, 9.17) is 11.6 Å². The number of sulfone groups is 1. The molecule has 31 heavy (non-hydrogen) atoms. The molecule has 0 aliphatic carbocycles. The quantitative estimate of drug-likeness (QED) is 0.706. The van der Waals surface area contributed by atoms with E-state index in [0.717, 1.165) is 18.4 Å². The van der Waals surface area contributed by atoms with Gasteiger partial charge in [-0.2, -0.15) is 0 Å². The van der Waals surface area contributed by atoms with Gasteiger partial charge in [0.25, 0.3) is 5.91 Å². The highest BCUT2D eigenvalue weighted by atomic mass is 35.5. The minimum absolute atomic E-state index is 0.0280. The predicted octanol–water partition coefficient (Wildman–Crippen LogP) is 2.78. The third kappa shape index (κ3) is 4.95. The Bertz CT molecular complexity index is 1200. The normalized spacial score (nSPS) is 23.2. The van der Waals surface area contributed by atoms with Gasteiger partial charge in [0.05, 0.1) is 22.4 Å². The molecule has 2 saturated heterocycles. The molecule has 2 fully saturated rings. The van der Waals surface area contributed by atoms with Crippen molar-refractivity contribution in [2.45, 2.75) is 36.2 Å². The molecule has 1 amide bonds. The lowest BCUT2D eigenvalue weighted by molar-refractivity contribution is 0.0735. The fourth-order valence-corrected chi connectivity index (χ4v) is 7.40. The van der Waals surface area contributed by atoms with Crippen molar-refractivity contribution in [3.63, 3.8) is 0 Å². The second-order valence-corrected chi connectivity index (χ2v) is 12.3. The number of amides is 1. The maximum atomic E-state index is 13.2. The fourth-order valence-electron chi connectivity index (χ4n) is 4.18. The number of sulfonamides is 1. The lowest BCUT2D eigenvalue weighted by Crippen LogP contribution is -2.36. The number of rotatable bonds is 5. The van der Waals surface area contributed by atoms with Gasteiger partial charge in [-0.3, -0.25) is 4.79 Å². The zero-order valence-electron chi connectivity index (χ0n) is 16.7. The topological polar surface area (TPSA) is 101 Å². The molecular formula is C21H23ClN2O5S2. The van der Waals surface area contributed by atoms with E-state index < -0.39 is 25.9 Å². The molecule has 1 N–H and O–H groups in total. The minimum atomic E-state index is -3.94. The van der Waals surface area contributed by atoms with Crippen molar-refractivity contribution < 1.29 is 21.6 Å². The van der Waals surface area contributed by atoms with Crippen LogP contribution in [0.15, 0.2) is 53.4 Å². The fraction of sp³-hybridized carbons (Fsp3) is 0.381. The summed E-state index contributed by atoms with van der Waals surface area (Å²) >= 11 is 5.97. The van der Waals surface area contributed by atoms with Gasteiger partial charge in [0.2, 0.25) is 10.0 Å². The summed E-state index contributed by atoms with van der Waals surface area (Å²) in [6, 6.07) is 12.5. The molecule has 2 aromatic rings. The third-order valence-corrected chi connectivity index (χ3v) is 9.25. The van der Waals surface area contributed by atoms with Gasteiger partial charge >= 0.3 is 0 Å². The van der Waals surface area contributed by atoms with Crippen molar-refractivity contribution in [2.75, 3.05) is 18.1 Å². The second kappa shape index (κ2) is 8.54. The highest BCUT2D eigenvalue weighted by Gasteiger charge is 2.33. The standard InChI is InChI=1S/C21H23ClN2O5S2/c22-17-8-6-15(7-9-17)20-5-2-11-24(20)21(25)16-3-1-4-19(13-16)31(28,29)23-18-10-12-30(26,27)14-18/h1,3-4,6-9,13,18,20,23H,2,5,10-12,14H2. The summed E-state index contributed by atoms with van der Waals surface area (Å²) in [7, 11) is -7.16. The van der Waals surface area contributed by atoms with Crippen LogP contribution in [0.5, 0.6) is 0 Å². The van der Waals surface area contributed by atoms with Crippen molar-refractivity contribution in [3.8, 4) is 0 Å². The van der Waals surface area contributed by atoms with Gasteiger partial charge < -0.3 is 4.90 Å². The molecule has 0 bridgehead atoms. The molecule has 4 rings (SSSR count). The molecule has 2 atom stereocenters. The number of benzene rings is 2. The van der Waals surface area contributed by atoms with Crippen LogP contribution in [0.25, 0.3) is 0 Å². The van der Waals surface area contributed by atoms with Gasteiger partial charge in [-0.1, -0.05) is 29.8 Å². The number of hydrogen-bond donors (Lipinski definition) is 1. The number of carbonyl (C=O) groups excluding carboxylic acids is 1. The number of halogens is 1. The first-order valence-electron chi connectivity index (χ1n) is 10.0. The van der Waals surface area contributed by atoms with Gasteiger partial charge in [-0.05, 0) is 55.2 Å². The lowest BCUT2D eigenvalue weighted by Gasteiger charge is -2.25. The van der Waals surface area contributed by atoms with Crippen LogP contribution >= 0.6 is 11.6 Å². The summed E-state index contributed by atoms with van der Waals surface area (Å²) in [6.07, 6.45) is 1.93. The average molecular weight is 483 g/mol. The Kier molecular flexibility index (Phi) is 6.13. The number of hydrogen-bond acceptors (Lipinski definition) is 5. The maximum absolute atomic E-state index is 13.2. The molecule has 0 saturated carbocycles. The van der Waals surface area contributed by atoms with Crippen LogP contribution in [0, 0.1) is 0 Å². The van der Waals surface area contributed by atoms with Crippen LogP contribution in [-0.2, 0) is 19.9 Å². The Balaban J connectivity index is 1.54. The van der Waals surface area contributed by atoms with Gasteiger partial charge in [0, 0.05) is 23.2 Å².